The van der Waals surface area contributed by atoms with Gasteiger partial charge in [0.15, 0.2) is 0 Å². The molecule has 5 nitrogen and oxygen atoms in total. The van der Waals surface area contributed by atoms with Crippen molar-refractivity contribution in [2.45, 2.75) is 13.0 Å². The largest absolute Gasteiger partial charge is 0.480 e. The fourth-order valence-electron chi connectivity index (χ4n) is 1.18. The van der Waals surface area contributed by atoms with Crippen LogP contribution in [0.15, 0.2) is 24.3 Å². The smallest absolute Gasteiger partial charge is 0.322 e. The molecule has 0 aliphatic rings. The van der Waals surface area contributed by atoms with Gasteiger partial charge in [-0.15, -0.1) is 0 Å². The van der Waals surface area contributed by atoms with Crippen LogP contribution in [0.25, 0.3) is 0 Å². The Bertz CT molecular complexity index is 404. The van der Waals surface area contributed by atoms with Crippen LogP contribution in [0.1, 0.15) is 15.9 Å². The Hall–Kier alpha value is -1.88. The topological polar surface area (TPSA) is 92.4 Å². The van der Waals surface area contributed by atoms with Crippen LogP contribution in [-0.2, 0) is 4.79 Å². The predicted octanol–water partition coefficient (Wildman–Crippen LogP) is 0.137. The van der Waals surface area contributed by atoms with Crippen molar-refractivity contribution in [1.29, 1.82) is 0 Å². The highest BCUT2D eigenvalue weighted by molar-refractivity contribution is 5.94. The molecule has 1 atom stereocenters. The number of aryl methyl sites for hydroxylation is 1. The molecule has 0 spiro atoms. The first-order valence-corrected chi connectivity index (χ1v) is 4.84. The predicted molar refractivity (Wildman–Crippen MR) is 59.1 cm³/mol. The van der Waals surface area contributed by atoms with Gasteiger partial charge >= 0.3 is 5.97 Å². The molecule has 5 heteroatoms. The van der Waals surface area contributed by atoms with E-state index in [-0.39, 0.29) is 12.5 Å². The Balaban J connectivity index is 2.56. The number of aliphatic carboxylic acids is 1. The molecule has 0 radical (unpaired) electrons. The van der Waals surface area contributed by atoms with E-state index in [1.165, 1.54) is 0 Å². The van der Waals surface area contributed by atoms with E-state index >= 15 is 0 Å². The molecule has 0 bridgehead atoms. The number of nitrogens with two attached hydrogens (primary N) is 1. The lowest BCUT2D eigenvalue weighted by Crippen LogP contribution is -2.42. The van der Waals surface area contributed by atoms with E-state index in [4.69, 9.17) is 10.8 Å². The summed E-state index contributed by atoms with van der Waals surface area (Å²) in [6.45, 7) is 1.79. The zero-order chi connectivity index (χ0) is 12.1. The number of rotatable bonds is 4. The zero-order valence-corrected chi connectivity index (χ0v) is 8.93. The summed E-state index contributed by atoms with van der Waals surface area (Å²) in [4.78, 5) is 22.0. The number of hydrogen-bond acceptors (Lipinski definition) is 3. The Morgan fingerprint density at radius 2 is 2.19 bits per heavy atom. The number of carboxylic acids is 1. The van der Waals surface area contributed by atoms with Crippen LogP contribution in [-0.4, -0.2) is 29.6 Å². The Morgan fingerprint density at radius 1 is 1.50 bits per heavy atom. The second-order valence-corrected chi connectivity index (χ2v) is 3.52. The first-order chi connectivity index (χ1) is 7.50. The van der Waals surface area contributed by atoms with Crippen molar-refractivity contribution >= 4 is 11.9 Å². The van der Waals surface area contributed by atoms with Gasteiger partial charge in [0.2, 0.25) is 0 Å². The van der Waals surface area contributed by atoms with Crippen molar-refractivity contribution in [3.05, 3.63) is 35.4 Å². The molecule has 86 valence electrons. The van der Waals surface area contributed by atoms with E-state index in [1.54, 1.807) is 18.2 Å². The number of carbonyl (C=O) groups excluding carboxylic acids is 1. The maximum absolute atomic E-state index is 11.6. The van der Waals surface area contributed by atoms with Crippen molar-refractivity contribution in [2.24, 2.45) is 5.73 Å². The molecule has 0 fully saturated rings. The summed E-state index contributed by atoms with van der Waals surface area (Å²) in [6.07, 6.45) is 0. The standard InChI is InChI=1S/C11H14N2O3/c1-7-3-2-4-8(5-7)10(14)13-6-9(12)11(15)16/h2-5,9H,6,12H2,1H3,(H,13,14)(H,15,16). The number of amides is 1. The van der Waals surface area contributed by atoms with Gasteiger partial charge in [0, 0.05) is 12.1 Å². The summed E-state index contributed by atoms with van der Waals surface area (Å²) in [7, 11) is 0. The molecule has 1 aromatic rings. The molecular formula is C11H14N2O3. The maximum Gasteiger partial charge on any atom is 0.322 e. The molecule has 1 amide bonds. The van der Waals surface area contributed by atoms with Crippen LogP contribution >= 0.6 is 0 Å². The van der Waals surface area contributed by atoms with Gasteiger partial charge in [-0.25, -0.2) is 0 Å². The lowest BCUT2D eigenvalue weighted by atomic mass is 10.1. The maximum atomic E-state index is 11.6. The Morgan fingerprint density at radius 3 is 2.75 bits per heavy atom. The average molecular weight is 222 g/mol. The number of benzene rings is 1. The van der Waals surface area contributed by atoms with Crippen molar-refractivity contribution in [1.82, 2.24) is 5.32 Å². The molecule has 16 heavy (non-hydrogen) atoms. The minimum absolute atomic E-state index is 0.0812. The lowest BCUT2D eigenvalue weighted by molar-refractivity contribution is -0.138. The molecule has 0 aliphatic heterocycles. The van der Waals surface area contributed by atoms with Gasteiger partial charge in [-0.2, -0.15) is 0 Å². The lowest BCUT2D eigenvalue weighted by Gasteiger charge is -2.08. The van der Waals surface area contributed by atoms with Gasteiger partial charge in [-0.05, 0) is 19.1 Å². The quantitative estimate of drug-likeness (QED) is 0.675. The summed E-state index contributed by atoms with van der Waals surface area (Å²) in [5.74, 6) is -1.45. The van der Waals surface area contributed by atoms with E-state index in [9.17, 15) is 9.59 Å². The fraction of sp³-hybridized carbons (Fsp3) is 0.273. The molecule has 1 rings (SSSR count). The SMILES string of the molecule is Cc1cccc(C(=O)NCC(N)C(=O)O)c1. The van der Waals surface area contributed by atoms with E-state index in [0.717, 1.165) is 5.56 Å². The molecule has 1 unspecified atom stereocenters. The number of carboxylic acid groups (broad SMARTS) is 1. The fourth-order valence-corrected chi connectivity index (χ4v) is 1.18. The minimum atomic E-state index is -1.13. The third kappa shape index (κ3) is 3.36. The van der Waals surface area contributed by atoms with Gasteiger partial charge in [0.1, 0.15) is 6.04 Å². The average Bonchev–Trinajstić information content (AvgIpc) is 2.25. The van der Waals surface area contributed by atoms with Crippen LogP contribution in [0.2, 0.25) is 0 Å². The molecule has 0 aliphatic carbocycles. The van der Waals surface area contributed by atoms with Crippen LogP contribution in [0.4, 0.5) is 0 Å². The van der Waals surface area contributed by atoms with Crippen molar-refractivity contribution in [3.8, 4) is 0 Å². The molecule has 4 N–H and O–H groups in total. The van der Waals surface area contributed by atoms with Gasteiger partial charge in [0.25, 0.3) is 5.91 Å². The molecule has 0 saturated heterocycles. The van der Waals surface area contributed by atoms with Gasteiger partial charge in [-0.1, -0.05) is 17.7 Å². The van der Waals surface area contributed by atoms with Crippen LogP contribution in [0.3, 0.4) is 0 Å². The Kier molecular flexibility index (Phi) is 4.02. The highest BCUT2D eigenvalue weighted by atomic mass is 16.4. The van der Waals surface area contributed by atoms with E-state index in [0.29, 0.717) is 5.56 Å². The summed E-state index contributed by atoms with van der Waals surface area (Å²) in [6, 6.07) is 5.95. The molecule has 0 saturated carbocycles. The minimum Gasteiger partial charge on any atom is -0.480 e. The highest BCUT2D eigenvalue weighted by Crippen LogP contribution is 2.03. The highest BCUT2D eigenvalue weighted by Gasteiger charge is 2.13. The molecule has 0 aromatic heterocycles. The van der Waals surface area contributed by atoms with Crippen LogP contribution in [0.5, 0.6) is 0 Å². The normalized spacial score (nSPS) is 11.9. The third-order valence-electron chi connectivity index (χ3n) is 2.08. The molecule has 0 heterocycles. The van der Waals surface area contributed by atoms with Crippen LogP contribution in [0, 0.1) is 6.92 Å². The van der Waals surface area contributed by atoms with Gasteiger partial charge in [-0.3, -0.25) is 9.59 Å². The van der Waals surface area contributed by atoms with E-state index in [2.05, 4.69) is 5.32 Å². The van der Waals surface area contributed by atoms with Crippen molar-refractivity contribution in [2.75, 3.05) is 6.54 Å². The summed E-state index contributed by atoms with van der Waals surface area (Å²) in [5.41, 5.74) is 6.72. The summed E-state index contributed by atoms with van der Waals surface area (Å²) < 4.78 is 0. The van der Waals surface area contributed by atoms with Crippen LogP contribution < -0.4 is 11.1 Å². The second kappa shape index (κ2) is 5.27. The first-order valence-electron chi connectivity index (χ1n) is 4.84. The number of carbonyl (C=O) groups is 2. The molecular weight excluding hydrogens is 208 g/mol. The third-order valence-corrected chi connectivity index (χ3v) is 2.08. The summed E-state index contributed by atoms with van der Waals surface area (Å²) in [5, 5.41) is 11.0. The second-order valence-electron chi connectivity index (χ2n) is 3.52. The number of hydrogen-bond donors (Lipinski definition) is 3. The zero-order valence-electron chi connectivity index (χ0n) is 8.93. The van der Waals surface area contributed by atoms with E-state index in [1.807, 2.05) is 13.0 Å². The van der Waals surface area contributed by atoms with E-state index < -0.39 is 12.0 Å². The van der Waals surface area contributed by atoms with Gasteiger partial charge < -0.3 is 16.2 Å². The van der Waals surface area contributed by atoms with Gasteiger partial charge in [0.05, 0.1) is 0 Å². The van der Waals surface area contributed by atoms with Crippen molar-refractivity contribution in [3.63, 3.8) is 0 Å². The monoisotopic (exact) mass is 222 g/mol. The molecule has 1 aromatic carbocycles. The van der Waals surface area contributed by atoms with Crippen molar-refractivity contribution < 1.29 is 14.7 Å². The Labute approximate surface area is 93.3 Å². The first kappa shape index (κ1) is 12.2. The summed E-state index contributed by atoms with van der Waals surface area (Å²) >= 11 is 0. The number of nitrogens with one attached hydrogen (secondary N) is 1.